The first-order chi connectivity index (χ1) is 10.1. The summed E-state index contributed by atoms with van der Waals surface area (Å²) in [5, 5.41) is 0.303. The van der Waals surface area contributed by atoms with Gasteiger partial charge in [0.1, 0.15) is 16.7 Å². The molecule has 23 heavy (non-hydrogen) atoms. The summed E-state index contributed by atoms with van der Waals surface area (Å²) >= 11 is 5.93. The molecule has 0 aliphatic rings. The first-order valence-electron chi connectivity index (χ1n) is 6.80. The van der Waals surface area contributed by atoms with Crippen LogP contribution in [0.2, 0.25) is 5.02 Å². The number of nitrogens with one attached hydrogen (secondary N) is 1. The predicted octanol–water partition coefficient (Wildman–Crippen LogP) is 2.19. The normalized spacial score (nSPS) is 13.3. The van der Waals surface area contributed by atoms with Crippen molar-refractivity contribution >= 4 is 34.0 Å². The van der Waals surface area contributed by atoms with Crippen LogP contribution in [0.15, 0.2) is 23.1 Å². The highest BCUT2D eigenvalue weighted by molar-refractivity contribution is 7.89. The number of halogens is 2. The van der Waals surface area contributed by atoms with Crippen molar-refractivity contribution in [2.75, 3.05) is 20.3 Å². The highest BCUT2D eigenvalue weighted by Crippen LogP contribution is 2.29. The minimum atomic E-state index is -3.82. The number of nitrogens with two attached hydrogens (primary N) is 1. The van der Waals surface area contributed by atoms with Crippen molar-refractivity contribution in [1.82, 2.24) is 4.72 Å². The summed E-state index contributed by atoms with van der Waals surface area (Å²) in [4.78, 5) is -0.0236. The van der Waals surface area contributed by atoms with Crippen molar-refractivity contribution in [1.29, 1.82) is 0 Å². The molecule has 0 bridgehead atoms. The van der Waals surface area contributed by atoms with E-state index in [1.165, 1.54) is 12.1 Å². The molecule has 6 nitrogen and oxygen atoms in total. The van der Waals surface area contributed by atoms with Crippen molar-refractivity contribution in [3.8, 4) is 5.75 Å². The fraction of sp³-hybridized carbons (Fsp3) is 0.571. The maximum Gasteiger partial charge on any atom is 0.244 e. The Morgan fingerprint density at radius 2 is 2.00 bits per heavy atom. The third-order valence-electron chi connectivity index (χ3n) is 2.85. The van der Waals surface area contributed by atoms with Crippen LogP contribution >= 0.6 is 24.0 Å². The first-order valence-corrected chi connectivity index (χ1v) is 8.66. The molecule has 134 valence electrons. The average molecular weight is 387 g/mol. The Hall–Kier alpha value is -0.570. The molecule has 1 unspecified atom stereocenters. The van der Waals surface area contributed by atoms with E-state index in [9.17, 15) is 8.42 Å². The van der Waals surface area contributed by atoms with E-state index in [1.807, 2.05) is 0 Å². The maximum atomic E-state index is 12.6. The maximum absolute atomic E-state index is 12.6. The minimum absolute atomic E-state index is 0. The lowest BCUT2D eigenvalue weighted by atomic mass is 10.1. The molecule has 1 aromatic carbocycles. The smallest absolute Gasteiger partial charge is 0.244 e. The van der Waals surface area contributed by atoms with Gasteiger partial charge in [0, 0.05) is 24.2 Å². The highest BCUT2D eigenvalue weighted by atomic mass is 35.5. The van der Waals surface area contributed by atoms with Crippen LogP contribution in [0.4, 0.5) is 0 Å². The monoisotopic (exact) mass is 386 g/mol. The molecule has 0 amide bonds. The largest absolute Gasteiger partial charge is 0.487 e. The van der Waals surface area contributed by atoms with E-state index in [4.69, 9.17) is 26.8 Å². The molecule has 0 heterocycles. The molecule has 1 atom stereocenters. The quantitative estimate of drug-likeness (QED) is 0.714. The van der Waals surface area contributed by atoms with Crippen molar-refractivity contribution in [2.24, 2.45) is 5.73 Å². The molecule has 0 aliphatic carbocycles. The van der Waals surface area contributed by atoms with Crippen LogP contribution in [0.25, 0.3) is 0 Å². The molecular formula is C14H24Cl2N2O4S. The zero-order valence-corrected chi connectivity index (χ0v) is 16.0. The lowest BCUT2D eigenvalue weighted by molar-refractivity contribution is 0.0901. The SMILES string of the molecule is COCC(C)Oc1ccc(Cl)cc1S(=O)(=O)NC(C)(C)CN.Cl. The van der Waals surface area contributed by atoms with Crippen LogP contribution in [0.3, 0.4) is 0 Å². The third kappa shape index (κ3) is 6.82. The number of ether oxygens (including phenoxy) is 2. The van der Waals surface area contributed by atoms with Gasteiger partial charge in [-0.05, 0) is 39.0 Å². The van der Waals surface area contributed by atoms with Gasteiger partial charge in [0.25, 0.3) is 0 Å². The summed E-state index contributed by atoms with van der Waals surface area (Å²) in [7, 11) is -2.28. The summed E-state index contributed by atoms with van der Waals surface area (Å²) in [6.07, 6.45) is -0.303. The fourth-order valence-electron chi connectivity index (χ4n) is 1.74. The second-order valence-electron chi connectivity index (χ2n) is 5.67. The summed E-state index contributed by atoms with van der Waals surface area (Å²) < 4.78 is 38.3. The number of rotatable bonds is 8. The van der Waals surface area contributed by atoms with Gasteiger partial charge >= 0.3 is 0 Å². The van der Waals surface area contributed by atoms with Crippen molar-refractivity contribution in [2.45, 2.75) is 37.3 Å². The molecule has 1 aromatic rings. The molecule has 9 heteroatoms. The van der Waals surface area contributed by atoms with E-state index in [0.29, 0.717) is 11.6 Å². The van der Waals surface area contributed by atoms with E-state index in [2.05, 4.69) is 4.72 Å². The Morgan fingerprint density at radius 3 is 2.52 bits per heavy atom. The number of sulfonamides is 1. The molecular weight excluding hydrogens is 363 g/mol. The summed E-state index contributed by atoms with van der Waals surface area (Å²) in [5.41, 5.74) is 4.80. The van der Waals surface area contributed by atoms with Gasteiger partial charge in [-0.15, -0.1) is 12.4 Å². The van der Waals surface area contributed by atoms with E-state index >= 15 is 0 Å². The van der Waals surface area contributed by atoms with Crippen molar-refractivity contribution in [3.63, 3.8) is 0 Å². The van der Waals surface area contributed by atoms with Gasteiger partial charge in [0.15, 0.2) is 0 Å². The molecule has 3 N–H and O–H groups in total. The van der Waals surface area contributed by atoms with Crippen molar-refractivity contribution in [3.05, 3.63) is 23.2 Å². The molecule has 0 radical (unpaired) electrons. The number of hydrogen-bond acceptors (Lipinski definition) is 5. The fourth-order valence-corrected chi connectivity index (χ4v) is 3.56. The number of methoxy groups -OCH3 is 1. The lowest BCUT2D eigenvalue weighted by Gasteiger charge is -2.25. The van der Waals surface area contributed by atoms with Gasteiger partial charge in [-0.2, -0.15) is 0 Å². The van der Waals surface area contributed by atoms with Gasteiger partial charge in [-0.25, -0.2) is 13.1 Å². The van der Waals surface area contributed by atoms with Crippen molar-refractivity contribution < 1.29 is 17.9 Å². The van der Waals surface area contributed by atoms with Crippen LogP contribution in [-0.2, 0) is 14.8 Å². The van der Waals surface area contributed by atoms with E-state index < -0.39 is 15.6 Å². The van der Waals surface area contributed by atoms with E-state index in [-0.39, 0.29) is 35.7 Å². The predicted molar refractivity (Wildman–Crippen MR) is 94.1 cm³/mol. The zero-order valence-electron chi connectivity index (χ0n) is 13.6. The highest BCUT2D eigenvalue weighted by Gasteiger charge is 2.28. The Balaban J connectivity index is 0.00000484. The Labute approximate surface area is 149 Å². The number of benzene rings is 1. The van der Waals surface area contributed by atoms with Crippen LogP contribution in [0.1, 0.15) is 20.8 Å². The van der Waals surface area contributed by atoms with Gasteiger partial charge in [-0.1, -0.05) is 11.6 Å². The first kappa shape index (κ1) is 22.4. The Bertz CT molecular complexity index is 609. The van der Waals surface area contributed by atoms with Crippen LogP contribution < -0.4 is 15.2 Å². The topological polar surface area (TPSA) is 90.6 Å². The summed E-state index contributed by atoms with van der Waals surface area (Å²) in [6, 6.07) is 4.45. The van der Waals surface area contributed by atoms with E-state index in [0.717, 1.165) is 0 Å². The lowest BCUT2D eigenvalue weighted by Crippen LogP contribution is -2.48. The Kier molecular flexibility index (Phi) is 8.83. The van der Waals surface area contributed by atoms with Gasteiger partial charge < -0.3 is 15.2 Å². The van der Waals surface area contributed by atoms with Crippen LogP contribution in [-0.4, -0.2) is 40.3 Å². The molecule has 0 spiro atoms. The molecule has 0 fully saturated rings. The summed E-state index contributed by atoms with van der Waals surface area (Å²) in [5.74, 6) is 0.217. The standard InChI is InChI=1S/C14H23ClN2O4S.ClH/c1-10(8-20-4)21-12-6-5-11(15)7-13(12)22(18,19)17-14(2,3)9-16;/h5-7,10,17H,8-9,16H2,1-4H3;1H. The van der Waals surface area contributed by atoms with Gasteiger partial charge in [0.05, 0.1) is 6.61 Å². The second kappa shape index (κ2) is 9.05. The van der Waals surface area contributed by atoms with Gasteiger partial charge in [0.2, 0.25) is 10.0 Å². The van der Waals surface area contributed by atoms with Crippen LogP contribution in [0, 0.1) is 0 Å². The Morgan fingerprint density at radius 1 is 1.39 bits per heavy atom. The summed E-state index contributed by atoms with van der Waals surface area (Å²) in [6.45, 7) is 5.67. The van der Waals surface area contributed by atoms with Crippen LogP contribution in [0.5, 0.6) is 5.75 Å². The molecule has 0 saturated heterocycles. The molecule has 1 rings (SSSR count). The minimum Gasteiger partial charge on any atom is -0.487 e. The number of hydrogen-bond donors (Lipinski definition) is 2. The second-order valence-corrected chi connectivity index (χ2v) is 7.76. The third-order valence-corrected chi connectivity index (χ3v) is 4.80. The zero-order chi connectivity index (χ0) is 17.0. The average Bonchev–Trinajstić information content (AvgIpc) is 2.40. The molecule has 0 aliphatic heterocycles. The van der Waals surface area contributed by atoms with Gasteiger partial charge in [-0.3, -0.25) is 0 Å². The van der Waals surface area contributed by atoms with E-state index in [1.54, 1.807) is 33.9 Å². The molecule has 0 saturated carbocycles. The molecule has 0 aromatic heterocycles.